The molecule has 0 unspecified atom stereocenters. The number of likely N-dealkylation sites (tertiary alicyclic amines) is 1. The van der Waals surface area contributed by atoms with Crippen LogP contribution in [0.2, 0.25) is 0 Å². The zero-order chi connectivity index (χ0) is 17.8. The van der Waals surface area contributed by atoms with Gasteiger partial charge in [-0.05, 0) is 37.1 Å². The van der Waals surface area contributed by atoms with E-state index >= 15 is 0 Å². The first-order valence-corrected chi connectivity index (χ1v) is 9.60. The van der Waals surface area contributed by atoms with Crippen LogP contribution >= 0.6 is 27.7 Å². The third kappa shape index (κ3) is 4.60. The fraction of sp³-hybridized carbons (Fsp3) is 0.375. The van der Waals surface area contributed by atoms with E-state index in [1.807, 2.05) is 24.3 Å². The van der Waals surface area contributed by atoms with Gasteiger partial charge < -0.3 is 15.1 Å². The van der Waals surface area contributed by atoms with Crippen LogP contribution in [0.1, 0.15) is 12.8 Å². The molecule has 3 rings (SSSR count). The van der Waals surface area contributed by atoms with Gasteiger partial charge in [0.25, 0.3) is 5.22 Å². The van der Waals surface area contributed by atoms with Crippen molar-refractivity contribution in [2.45, 2.75) is 18.1 Å². The van der Waals surface area contributed by atoms with Crippen molar-refractivity contribution in [1.82, 2.24) is 15.1 Å². The van der Waals surface area contributed by atoms with E-state index in [4.69, 9.17) is 10.2 Å². The summed E-state index contributed by atoms with van der Waals surface area (Å²) in [5, 5.41) is 8.34. The van der Waals surface area contributed by atoms with Crippen LogP contribution in [0.3, 0.4) is 0 Å². The highest BCUT2D eigenvalue weighted by Gasteiger charge is 2.26. The number of piperidine rings is 1. The lowest BCUT2D eigenvalue weighted by Crippen LogP contribution is -2.42. The minimum Gasteiger partial charge on any atom is -0.411 e. The minimum absolute atomic E-state index is 0.00341. The van der Waals surface area contributed by atoms with E-state index < -0.39 is 0 Å². The molecule has 0 radical (unpaired) electrons. The highest BCUT2D eigenvalue weighted by atomic mass is 79.9. The minimum atomic E-state index is -0.284. The van der Waals surface area contributed by atoms with Gasteiger partial charge in [0.1, 0.15) is 0 Å². The number of halogens is 1. The molecule has 1 saturated heterocycles. The van der Waals surface area contributed by atoms with Crippen LogP contribution < -0.4 is 5.73 Å². The van der Waals surface area contributed by atoms with Gasteiger partial charge in [-0.15, -0.1) is 10.2 Å². The molecule has 1 fully saturated rings. The number of benzene rings is 1. The van der Waals surface area contributed by atoms with E-state index in [9.17, 15) is 9.59 Å². The summed E-state index contributed by atoms with van der Waals surface area (Å²) in [7, 11) is 0. The van der Waals surface area contributed by atoms with Crippen molar-refractivity contribution in [3.8, 4) is 11.5 Å². The summed E-state index contributed by atoms with van der Waals surface area (Å²) in [4.78, 5) is 25.2. The normalized spacial score (nSPS) is 15.3. The Hall–Kier alpha value is -1.87. The van der Waals surface area contributed by atoms with Crippen LogP contribution in [0.15, 0.2) is 38.4 Å². The van der Waals surface area contributed by atoms with Crippen molar-refractivity contribution in [2.24, 2.45) is 11.7 Å². The Morgan fingerprint density at radius 3 is 2.56 bits per heavy atom. The van der Waals surface area contributed by atoms with Crippen LogP contribution in [0, 0.1) is 5.92 Å². The number of primary amides is 1. The molecule has 2 N–H and O–H groups in total. The second kappa shape index (κ2) is 8.01. The summed E-state index contributed by atoms with van der Waals surface area (Å²) < 4.78 is 6.56. The van der Waals surface area contributed by atoms with Gasteiger partial charge in [-0.3, -0.25) is 9.59 Å². The van der Waals surface area contributed by atoms with Gasteiger partial charge in [0, 0.05) is 29.0 Å². The maximum atomic E-state index is 12.3. The number of carbonyl (C=O) groups excluding carboxylic acids is 2. The smallest absolute Gasteiger partial charge is 0.277 e. The molecule has 1 aromatic carbocycles. The molecule has 0 bridgehead atoms. The van der Waals surface area contributed by atoms with E-state index in [-0.39, 0.29) is 23.5 Å². The zero-order valence-corrected chi connectivity index (χ0v) is 15.8. The average molecular weight is 425 g/mol. The van der Waals surface area contributed by atoms with Crippen LogP contribution in [0.25, 0.3) is 11.5 Å². The number of carbonyl (C=O) groups is 2. The number of hydrogen-bond donors (Lipinski definition) is 1. The molecule has 2 heterocycles. The Labute approximate surface area is 157 Å². The van der Waals surface area contributed by atoms with Gasteiger partial charge in [0.15, 0.2) is 0 Å². The topological polar surface area (TPSA) is 102 Å². The van der Waals surface area contributed by atoms with Crippen molar-refractivity contribution >= 4 is 39.5 Å². The van der Waals surface area contributed by atoms with Crippen LogP contribution in [-0.4, -0.2) is 45.8 Å². The highest BCUT2D eigenvalue weighted by molar-refractivity contribution is 9.10. The van der Waals surface area contributed by atoms with Gasteiger partial charge in [-0.25, -0.2) is 0 Å². The molecule has 2 aromatic rings. The summed E-state index contributed by atoms with van der Waals surface area (Å²) in [6.45, 7) is 1.11. The third-order valence-corrected chi connectivity index (χ3v) is 5.40. The largest absolute Gasteiger partial charge is 0.411 e. The number of hydrogen-bond acceptors (Lipinski definition) is 6. The first-order valence-electron chi connectivity index (χ1n) is 7.82. The number of nitrogens with zero attached hydrogens (tertiary/aromatic N) is 3. The van der Waals surface area contributed by atoms with E-state index in [1.165, 1.54) is 11.8 Å². The maximum Gasteiger partial charge on any atom is 0.277 e. The molecule has 0 aliphatic carbocycles. The summed E-state index contributed by atoms with van der Waals surface area (Å²) in [6, 6.07) is 7.54. The van der Waals surface area contributed by atoms with Crippen LogP contribution in [-0.2, 0) is 9.59 Å². The molecule has 1 aliphatic heterocycles. The van der Waals surface area contributed by atoms with Crippen molar-refractivity contribution < 1.29 is 14.0 Å². The molecule has 132 valence electrons. The van der Waals surface area contributed by atoms with Gasteiger partial charge in [0.05, 0.1) is 5.75 Å². The number of amides is 2. The van der Waals surface area contributed by atoms with Gasteiger partial charge in [0.2, 0.25) is 17.7 Å². The Kier molecular flexibility index (Phi) is 5.74. The molecule has 25 heavy (non-hydrogen) atoms. The molecule has 9 heteroatoms. The van der Waals surface area contributed by atoms with Crippen molar-refractivity contribution in [3.63, 3.8) is 0 Å². The lowest BCUT2D eigenvalue weighted by Gasteiger charge is -2.30. The Balaban J connectivity index is 1.51. The molecule has 1 aliphatic rings. The first kappa shape index (κ1) is 17.9. The average Bonchev–Trinajstić information content (AvgIpc) is 3.09. The third-order valence-electron chi connectivity index (χ3n) is 4.07. The Bertz CT molecular complexity index is 757. The van der Waals surface area contributed by atoms with Crippen molar-refractivity contribution in [3.05, 3.63) is 28.7 Å². The molecule has 0 atom stereocenters. The predicted octanol–water partition coefficient (Wildman–Crippen LogP) is 2.32. The number of nitrogens with two attached hydrogens (primary N) is 1. The van der Waals surface area contributed by atoms with Crippen molar-refractivity contribution in [1.29, 1.82) is 0 Å². The summed E-state index contributed by atoms with van der Waals surface area (Å²) in [6.07, 6.45) is 1.25. The van der Waals surface area contributed by atoms with E-state index in [0.717, 1.165) is 10.0 Å². The molecule has 7 nitrogen and oxygen atoms in total. The standard InChI is InChI=1S/C16H17BrN4O3S/c17-12-3-1-11(2-4-12)15-19-20-16(24-15)25-9-13(22)21-7-5-10(6-8-21)14(18)23/h1-4,10H,5-9H2,(H2,18,23). The molecular weight excluding hydrogens is 408 g/mol. The molecule has 1 aromatic heterocycles. The summed E-state index contributed by atoms with van der Waals surface area (Å²) >= 11 is 4.59. The fourth-order valence-corrected chi connectivity index (χ4v) is 3.54. The quantitative estimate of drug-likeness (QED) is 0.738. The zero-order valence-electron chi connectivity index (χ0n) is 13.4. The molecular formula is C16H17BrN4O3S. The lowest BCUT2D eigenvalue weighted by molar-refractivity contribution is -0.132. The van der Waals surface area contributed by atoms with Gasteiger partial charge >= 0.3 is 0 Å². The fourth-order valence-electron chi connectivity index (χ4n) is 2.61. The molecule has 2 amide bonds. The monoisotopic (exact) mass is 424 g/mol. The van der Waals surface area contributed by atoms with Crippen molar-refractivity contribution in [2.75, 3.05) is 18.8 Å². The van der Waals surface area contributed by atoms with Crippen LogP contribution in [0.4, 0.5) is 0 Å². The SMILES string of the molecule is NC(=O)C1CCN(C(=O)CSc2nnc(-c3ccc(Br)cc3)o2)CC1. The molecule has 0 spiro atoms. The summed E-state index contributed by atoms with van der Waals surface area (Å²) in [5.41, 5.74) is 6.13. The van der Waals surface area contributed by atoms with Crippen LogP contribution in [0.5, 0.6) is 0 Å². The Morgan fingerprint density at radius 1 is 1.24 bits per heavy atom. The second-order valence-electron chi connectivity index (χ2n) is 5.73. The summed E-state index contributed by atoms with van der Waals surface area (Å²) in [5.74, 6) is 0.235. The predicted molar refractivity (Wildman–Crippen MR) is 96.7 cm³/mol. The highest BCUT2D eigenvalue weighted by Crippen LogP contribution is 2.25. The van der Waals surface area contributed by atoms with E-state index in [0.29, 0.717) is 37.0 Å². The van der Waals surface area contributed by atoms with E-state index in [2.05, 4.69) is 26.1 Å². The van der Waals surface area contributed by atoms with Gasteiger partial charge in [-0.1, -0.05) is 27.7 Å². The number of rotatable bonds is 5. The number of thioether (sulfide) groups is 1. The number of aromatic nitrogens is 2. The first-order chi connectivity index (χ1) is 12.0. The maximum absolute atomic E-state index is 12.3. The lowest BCUT2D eigenvalue weighted by atomic mass is 9.96. The second-order valence-corrected chi connectivity index (χ2v) is 7.57. The van der Waals surface area contributed by atoms with E-state index in [1.54, 1.807) is 4.90 Å². The van der Waals surface area contributed by atoms with Gasteiger partial charge in [-0.2, -0.15) is 0 Å². The molecule has 0 saturated carbocycles. The Morgan fingerprint density at radius 2 is 1.92 bits per heavy atom.